The smallest absolute Gasteiger partial charge is 0.238 e. The Bertz CT molecular complexity index is 355. The highest BCUT2D eigenvalue weighted by Gasteiger charge is 2.35. The van der Waals surface area contributed by atoms with E-state index in [9.17, 15) is 13.2 Å². The summed E-state index contributed by atoms with van der Waals surface area (Å²) in [5.74, 6) is -0.168. The summed E-state index contributed by atoms with van der Waals surface area (Å²) in [6.45, 7) is 2.97. The van der Waals surface area contributed by atoms with Gasteiger partial charge in [0.25, 0.3) is 0 Å². The van der Waals surface area contributed by atoms with Crippen LogP contribution in [0.2, 0.25) is 0 Å². The largest absolute Gasteiger partial charge is 0.385 e. The Kier molecular flexibility index (Phi) is 5.35. The second-order valence-corrected chi connectivity index (χ2v) is 6.03. The van der Waals surface area contributed by atoms with Crippen molar-refractivity contribution in [3.05, 3.63) is 0 Å². The van der Waals surface area contributed by atoms with E-state index in [1.807, 2.05) is 6.92 Å². The molecule has 0 aromatic carbocycles. The van der Waals surface area contributed by atoms with Crippen molar-refractivity contribution in [3.63, 3.8) is 0 Å². The topological polar surface area (TPSA) is 75.7 Å². The van der Waals surface area contributed by atoms with Gasteiger partial charge in [-0.1, -0.05) is 6.92 Å². The van der Waals surface area contributed by atoms with Gasteiger partial charge >= 0.3 is 0 Å². The molecule has 0 radical (unpaired) electrons. The number of rotatable bonds is 6. The third kappa shape index (κ3) is 3.65. The normalized spacial score (nSPS) is 22.5. The van der Waals surface area contributed by atoms with Crippen LogP contribution in [0.5, 0.6) is 0 Å². The molecule has 1 amide bonds. The number of hydrogen-bond acceptors (Lipinski definition) is 4. The molecule has 1 fully saturated rings. The van der Waals surface area contributed by atoms with Crippen molar-refractivity contribution in [3.8, 4) is 0 Å². The SMILES string of the molecule is CCC1C(=O)NCCN1S(=O)(=O)CCCOC. The van der Waals surface area contributed by atoms with Gasteiger partial charge in [0.05, 0.1) is 5.75 Å². The van der Waals surface area contributed by atoms with Gasteiger partial charge in [0.15, 0.2) is 0 Å². The molecule has 0 aliphatic carbocycles. The third-order valence-corrected chi connectivity index (χ3v) is 4.73. The van der Waals surface area contributed by atoms with Gasteiger partial charge in [-0.3, -0.25) is 4.79 Å². The number of carbonyl (C=O) groups excluding carboxylic acids is 1. The molecule has 1 N–H and O–H groups in total. The Labute approximate surface area is 102 Å². The summed E-state index contributed by atoms with van der Waals surface area (Å²) in [6, 6.07) is -0.559. The summed E-state index contributed by atoms with van der Waals surface area (Å²) < 4.78 is 30.3. The summed E-state index contributed by atoms with van der Waals surface area (Å²) in [5.41, 5.74) is 0. The number of carbonyl (C=O) groups is 1. The van der Waals surface area contributed by atoms with E-state index in [-0.39, 0.29) is 11.7 Å². The monoisotopic (exact) mass is 264 g/mol. The van der Waals surface area contributed by atoms with E-state index in [4.69, 9.17) is 4.74 Å². The highest BCUT2D eigenvalue weighted by molar-refractivity contribution is 7.89. The Morgan fingerprint density at radius 3 is 2.82 bits per heavy atom. The van der Waals surface area contributed by atoms with Gasteiger partial charge in [-0.15, -0.1) is 0 Å². The van der Waals surface area contributed by atoms with E-state index < -0.39 is 16.1 Å². The molecular formula is C10H20N2O4S. The fraction of sp³-hybridized carbons (Fsp3) is 0.900. The molecule has 1 unspecified atom stereocenters. The molecule has 1 saturated heterocycles. The molecule has 0 aromatic rings. The van der Waals surface area contributed by atoms with E-state index in [1.54, 1.807) is 0 Å². The molecule has 1 aliphatic rings. The maximum atomic E-state index is 12.1. The van der Waals surface area contributed by atoms with E-state index in [0.717, 1.165) is 0 Å². The van der Waals surface area contributed by atoms with Gasteiger partial charge in [-0.25, -0.2) is 8.42 Å². The van der Waals surface area contributed by atoms with Gasteiger partial charge in [0.1, 0.15) is 6.04 Å². The predicted molar refractivity (Wildman–Crippen MR) is 64.1 cm³/mol. The average Bonchev–Trinajstić information content (AvgIpc) is 2.29. The van der Waals surface area contributed by atoms with Gasteiger partial charge in [0.2, 0.25) is 15.9 Å². The van der Waals surface area contributed by atoms with Crippen molar-refractivity contribution >= 4 is 15.9 Å². The minimum absolute atomic E-state index is 0.0324. The molecule has 7 heteroatoms. The summed E-state index contributed by atoms with van der Waals surface area (Å²) in [4.78, 5) is 11.6. The van der Waals surface area contributed by atoms with Crippen LogP contribution < -0.4 is 5.32 Å². The van der Waals surface area contributed by atoms with E-state index in [2.05, 4.69) is 5.32 Å². The summed E-state index contributed by atoms with van der Waals surface area (Å²) in [7, 11) is -1.82. The van der Waals surface area contributed by atoms with Crippen molar-refractivity contribution in [2.45, 2.75) is 25.8 Å². The molecule has 100 valence electrons. The van der Waals surface area contributed by atoms with Gasteiger partial charge < -0.3 is 10.1 Å². The number of methoxy groups -OCH3 is 1. The lowest BCUT2D eigenvalue weighted by molar-refractivity contribution is -0.126. The van der Waals surface area contributed by atoms with Crippen molar-refractivity contribution in [2.75, 3.05) is 32.6 Å². The van der Waals surface area contributed by atoms with E-state index >= 15 is 0 Å². The molecule has 0 saturated carbocycles. The van der Waals surface area contributed by atoms with Crippen LogP contribution in [0.25, 0.3) is 0 Å². The molecule has 0 aromatic heterocycles. The highest BCUT2D eigenvalue weighted by atomic mass is 32.2. The zero-order chi connectivity index (χ0) is 12.9. The molecule has 0 spiro atoms. The second kappa shape index (κ2) is 6.32. The first-order valence-electron chi connectivity index (χ1n) is 5.79. The maximum absolute atomic E-state index is 12.1. The standard InChI is InChI=1S/C10H20N2O4S/c1-3-9-10(13)11-5-6-12(9)17(14,15)8-4-7-16-2/h9H,3-8H2,1-2H3,(H,11,13). The van der Waals surface area contributed by atoms with Gasteiger partial charge in [-0.2, -0.15) is 4.31 Å². The van der Waals surface area contributed by atoms with Crippen LogP contribution in [0.3, 0.4) is 0 Å². The highest BCUT2D eigenvalue weighted by Crippen LogP contribution is 2.14. The lowest BCUT2D eigenvalue weighted by Gasteiger charge is -2.33. The first-order chi connectivity index (χ1) is 8.03. The first-order valence-corrected chi connectivity index (χ1v) is 7.40. The lowest BCUT2D eigenvalue weighted by atomic mass is 10.2. The third-order valence-electron chi connectivity index (χ3n) is 2.78. The maximum Gasteiger partial charge on any atom is 0.238 e. The van der Waals surface area contributed by atoms with E-state index in [1.165, 1.54) is 11.4 Å². The van der Waals surface area contributed by atoms with Crippen LogP contribution in [0, 0.1) is 0 Å². The number of hydrogen-bond donors (Lipinski definition) is 1. The molecule has 1 aliphatic heterocycles. The van der Waals surface area contributed by atoms with Crippen LogP contribution >= 0.6 is 0 Å². The summed E-state index contributed by atoms with van der Waals surface area (Å²) in [6.07, 6.45) is 0.947. The molecular weight excluding hydrogens is 244 g/mol. The number of nitrogens with one attached hydrogen (secondary N) is 1. The number of ether oxygens (including phenoxy) is 1. The lowest BCUT2D eigenvalue weighted by Crippen LogP contribution is -2.57. The summed E-state index contributed by atoms with van der Waals surface area (Å²) in [5, 5.41) is 2.68. The van der Waals surface area contributed by atoms with Crippen LogP contribution in [-0.4, -0.2) is 57.2 Å². The first kappa shape index (κ1) is 14.4. The number of nitrogens with zero attached hydrogens (tertiary/aromatic N) is 1. The van der Waals surface area contributed by atoms with Crippen LogP contribution in [0.1, 0.15) is 19.8 Å². The molecule has 1 atom stereocenters. The number of sulfonamides is 1. The van der Waals surface area contributed by atoms with Crippen molar-refractivity contribution in [2.24, 2.45) is 0 Å². The molecule has 1 heterocycles. The Hall–Kier alpha value is -0.660. The van der Waals surface area contributed by atoms with Gasteiger partial charge in [-0.05, 0) is 12.8 Å². The van der Waals surface area contributed by atoms with Crippen molar-refractivity contribution < 1.29 is 17.9 Å². The fourth-order valence-electron chi connectivity index (χ4n) is 1.92. The summed E-state index contributed by atoms with van der Waals surface area (Å²) >= 11 is 0. The Morgan fingerprint density at radius 2 is 2.24 bits per heavy atom. The Morgan fingerprint density at radius 1 is 1.53 bits per heavy atom. The minimum atomic E-state index is -3.36. The van der Waals surface area contributed by atoms with E-state index in [0.29, 0.717) is 32.5 Å². The van der Waals surface area contributed by atoms with Crippen molar-refractivity contribution in [1.82, 2.24) is 9.62 Å². The second-order valence-electron chi connectivity index (χ2n) is 3.99. The van der Waals surface area contributed by atoms with Gasteiger partial charge in [0, 0.05) is 26.8 Å². The number of piperazine rings is 1. The van der Waals surface area contributed by atoms with Crippen LogP contribution in [-0.2, 0) is 19.6 Å². The van der Waals surface area contributed by atoms with Crippen molar-refractivity contribution in [1.29, 1.82) is 0 Å². The van der Waals surface area contributed by atoms with Crippen LogP contribution in [0.15, 0.2) is 0 Å². The molecule has 6 nitrogen and oxygen atoms in total. The quantitative estimate of drug-likeness (QED) is 0.660. The molecule has 1 rings (SSSR count). The average molecular weight is 264 g/mol. The zero-order valence-electron chi connectivity index (χ0n) is 10.3. The predicted octanol–water partition coefficient (Wildman–Crippen LogP) is -0.437. The number of amides is 1. The Balaban J connectivity index is 2.70. The molecule has 17 heavy (non-hydrogen) atoms. The fourth-order valence-corrected chi connectivity index (χ4v) is 3.64. The minimum Gasteiger partial charge on any atom is -0.385 e. The zero-order valence-corrected chi connectivity index (χ0v) is 11.1. The van der Waals surface area contributed by atoms with Crippen LogP contribution in [0.4, 0.5) is 0 Å². The molecule has 0 bridgehead atoms.